The van der Waals surface area contributed by atoms with Crippen molar-refractivity contribution in [3.63, 3.8) is 0 Å². The number of amides is 1. The van der Waals surface area contributed by atoms with Crippen LogP contribution in [0.15, 0.2) is 10.8 Å². The van der Waals surface area contributed by atoms with Gasteiger partial charge in [-0.2, -0.15) is 0 Å². The minimum Gasteiger partial charge on any atom is -0.447 e. The molecule has 0 radical (unpaired) electrons. The smallest absolute Gasteiger partial charge is 0.276 e. The second-order valence-electron chi connectivity index (χ2n) is 7.40. The lowest BCUT2D eigenvalue weighted by Crippen LogP contribution is -2.52. The van der Waals surface area contributed by atoms with Crippen molar-refractivity contribution in [3.05, 3.63) is 17.8 Å². The van der Waals surface area contributed by atoms with Crippen LogP contribution in [0, 0.1) is 11.8 Å². The molecule has 1 aromatic rings. The number of aromatic nitrogens is 1. The molecule has 0 aromatic carbocycles. The summed E-state index contributed by atoms with van der Waals surface area (Å²) in [5.74, 6) is 1.27. The molecule has 22 heavy (non-hydrogen) atoms. The predicted octanol–water partition coefficient (Wildman–Crippen LogP) is 3.06. The lowest BCUT2D eigenvalue weighted by Gasteiger charge is -2.43. The Labute approximate surface area is 132 Å². The summed E-state index contributed by atoms with van der Waals surface area (Å²) in [7, 11) is 0. The summed E-state index contributed by atoms with van der Waals surface area (Å²) in [5, 5.41) is 10.6. The summed E-state index contributed by atoms with van der Waals surface area (Å²) in [6, 6.07) is 0. The molecule has 0 aliphatic carbocycles. The molecule has 1 aromatic heterocycles. The molecule has 0 spiro atoms. The number of rotatable bonds is 4. The zero-order valence-electron chi connectivity index (χ0n) is 14.3. The molecule has 1 saturated heterocycles. The Hall–Kier alpha value is -1.36. The van der Waals surface area contributed by atoms with Crippen LogP contribution in [0.4, 0.5) is 0 Å². The summed E-state index contributed by atoms with van der Waals surface area (Å²) < 4.78 is 5.36. The van der Waals surface area contributed by atoms with E-state index in [4.69, 9.17) is 4.42 Å². The number of aliphatic hydroxyl groups is 1. The average Bonchev–Trinajstić information content (AvgIpc) is 2.89. The zero-order chi connectivity index (χ0) is 16.5. The molecular formula is C17H28N2O3. The highest BCUT2D eigenvalue weighted by Gasteiger charge is 2.40. The summed E-state index contributed by atoms with van der Waals surface area (Å²) in [6.07, 6.45) is 2.85. The Balaban J connectivity index is 2.15. The molecule has 124 valence electrons. The molecule has 5 heteroatoms. The third kappa shape index (κ3) is 3.51. The lowest BCUT2D eigenvalue weighted by molar-refractivity contribution is -0.0578. The fourth-order valence-corrected chi connectivity index (χ4v) is 3.18. The number of carbonyl (C=O) groups is 1. The van der Waals surface area contributed by atoms with Crippen molar-refractivity contribution >= 4 is 5.91 Å². The molecular weight excluding hydrogens is 280 g/mol. The van der Waals surface area contributed by atoms with Gasteiger partial charge in [0.15, 0.2) is 12.1 Å². The van der Waals surface area contributed by atoms with Gasteiger partial charge in [0.2, 0.25) is 0 Å². The van der Waals surface area contributed by atoms with Crippen LogP contribution < -0.4 is 0 Å². The van der Waals surface area contributed by atoms with E-state index in [0.29, 0.717) is 36.9 Å². The average molecular weight is 308 g/mol. The van der Waals surface area contributed by atoms with E-state index in [9.17, 15) is 9.90 Å². The fraction of sp³-hybridized carbons (Fsp3) is 0.765. The molecule has 0 unspecified atom stereocenters. The van der Waals surface area contributed by atoms with E-state index in [1.165, 1.54) is 6.39 Å². The van der Waals surface area contributed by atoms with Crippen LogP contribution in [0.25, 0.3) is 0 Å². The van der Waals surface area contributed by atoms with Crippen molar-refractivity contribution in [3.8, 4) is 0 Å². The minimum atomic E-state index is -0.703. The summed E-state index contributed by atoms with van der Waals surface area (Å²) >= 11 is 0. The van der Waals surface area contributed by atoms with Gasteiger partial charge in [-0.1, -0.05) is 27.7 Å². The monoisotopic (exact) mass is 308 g/mol. The Morgan fingerprint density at radius 1 is 1.50 bits per heavy atom. The number of likely N-dealkylation sites (tertiary alicyclic amines) is 1. The summed E-state index contributed by atoms with van der Waals surface area (Å²) in [4.78, 5) is 18.7. The maximum absolute atomic E-state index is 12.8. The van der Waals surface area contributed by atoms with E-state index >= 15 is 0 Å². The number of hydrogen-bond donors (Lipinski definition) is 1. The highest BCUT2D eigenvalue weighted by molar-refractivity contribution is 5.93. The van der Waals surface area contributed by atoms with Crippen LogP contribution in [0.5, 0.6) is 0 Å². The van der Waals surface area contributed by atoms with Crippen molar-refractivity contribution in [2.24, 2.45) is 11.8 Å². The molecule has 2 rings (SSSR count). The minimum absolute atomic E-state index is 0.0818. The Morgan fingerprint density at radius 3 is 2.77 bits per heavy atom. The first-order chi connectivity index (χ1) is 10.2. The van der Waals surface area contributed by atoms with E-state index in [1.807, 2.05) is 25.7 Å². The van der Waals surface area contributed by atoms with Crippen LogP contribution in [0.1, 0.15) is 69.6 Å². The highest BCUT2D eigenvalue weighted by Crippen LogP contribution is 2.33. The van der Waals surface area contributed by atoms with Crippen LogP contribution >= 0.6 is 0 Å². The predicted molar refractivity (Wildman–Crippen MR) is 84.7 cm³/mol. The van der Waals surface area contributed by atoms with Gasteiger partial charge in [0, 0.05) is 24.9 Å². The Morgan fingerprint density at radius 2 is 2.18 bits per heavy atom. The van der Waals surface area contributed by atoms with E-state index in [0.717, 1.165) is 6.42 Å². The normalized spacial score (nSPS) is 26.0. The van der Waals surface area contributed by atoms with Crippen LogP contribution in [0.3, 0.4) is 0 Å². The quantitative estimate of drug-likeness (QED) is 0.928. The second kappa shape index (κ2) is 6.41. The van der Waals surface area contributed by atoms with E-state index in [1.54, 1.807) is 0 Å². The van der Waals surface area contributed by atoms with Crippen LogP contribution in [0.2, 0.25) is 0 Å². The molecule has 1 N–H and O–H groups in total. The summed E-state index contributed by atoms with van der Waals surface area (Å²) in [5.41, 5.74) is -0.286. The first kappa shape index (κ1) is 17.0. The first-order valence-corrected chi connectivity index (χ1v) is 8.17. The number of piperidine rings is 1. The van der Waals surface area contributed by atoms with Crippen molar-refractivity contribution < 1.29 is 14.3 Å². The molecule has 1 fully saturated rings. The van der Waals surface area contributed by atoms with Gasteiger partial charge in [-0.3, -0.25) is 4.79 Å². The van der Waals surface area contributed by atoms with Crippen molar-refractivity contribution in [2.75, 3.05) is 13.1 Å². The molecule has 1 amide bonds. The second-order valence-corrected chi connectivity index (χ2v) is 7.40. The van der Waals surface area contributed by atoms with Gasteiger partial charge >= 0.3 is 0 Å². The number of hydrogen-bond acceptors (Lipinski definition) is 4. The van der Waals surface area contributed by atoms with E-state index < -0.39 is 5.60 Å². The molecule has 0 saturated carbocycles. The standard InChI is InChI=1S/C17H28N2O3/c1-11(2)8-13-9-19(7-6-17(13,5)21)16(20)14-15(12(3)4)22-10-18-14/h10-13,21H,6-9H2,1-5H3/t13-,17+/m1/s1. The maximum atomic E-state index is 12.8. The van der Waals surface area contributed by atoms with Gasteiger partial charge in [-0.15, -0.1) is 0 Å². The van der Waals surface area contributed by atoms with E-state index in [2.05, 4.69) is 18.8 Å². The molecule has 2 atom stereocenters. The highest BCUT2D eigenvalue weighted by atomic mass is 16.3. The third-order valence-corrected chi connectivity index (χ3v) is 4.57. The zero-order valence-corrected chi connectivity index (χ0v) is 14.3. The van der Waals surface area contributed by atoms with Crippen LogP contribution in [-0.4, -0.2) is 39.6 Å². The molecule has 1 aliphatic heterocycles. The topological polar surface area (TPSA) is 66.6 Å². The van der Waals surface area contributed by atoms with Crippen molar-refractivity contribution in [1.82, 2.24) is 9.88 Å². The SMILES string of the molecule is CC(C)C[C@@H]1CN(C(=O)c2ncoc2C(C)C)CC[C@]1(C)O. The number of nitrogens with zero attached hydrogens (tertiary/aromatic N) is 2. The number of oxazole rings is 1. The van der Waals surface area contributed by atoms with Gasteiger partial charge < -0.3 is 14.4 Å². The lowest BCUT2D eigenvalue weighted by atomic mass is 9.78. The Bertz CT molecular complexity index is 520. The molecule has 5 nitrogen and oxygen atoms in total. The number of carbonyl (C=O) groups excluding carboxylic acids is 1. The molecule has 0 bridgehead atoms. The third-order valence-electron chi connectivity index (χ3n) is 4.57. The largest absolute Gasteiger partial charge is 0.447 e. The van der Waals surface area contributed by atoms with Crippen molar-refractivity contribution in [1.29, 1.82) is 0 Å². The van der Waals surface area contributed by atoms with Gasteiger partial charge in [0.05, 0.1) is 5.60 Å². The Kier molecular flexibility index (Phi) is 4.95. The van der Waals surface area contributed by atoms with Crippen LogP contribution in [-0.2, 0) is 0 Å². The van der Waals surface area contributed by atoms with Gasteiger partial charge in [0.25, 0.3) is 5.91 Å². The molecule has 2 heterocycles. The van der Waals surface area contributed by atoms with Gasteiger partial charge in [0.1, 0.15) is 5.76 Å². The summed E-state index contributed by atoms with van der Waals surface area (Å²) in [6.45, 7) is 11.3. The van der Waals surface area contributed by atoms with E-state index in [-0.39, 0.29) is 17.7 Å². The maximum Gasteiger partial charge on any atom is 0.276 e. The fourth-order valence-electron chi connectivity index (χ4n) is 3.18. The van der Waals surface area contributed by atoms with Gasteiger partial charge in [-0.25, -0.2) is 4.98 Å². The van der Waals surface area contributed by atoms with Gasteiger partial charge in [-0.05, 0) is 25.7 Å². The molecule has 1 aliphatic rings. The first-order valence-electron chi connectivity index (χ1n) is 8.17. The van der Waals surface area contributed by atoms with Crippen molar-refractivity contribution in [2.45, 2.75) is 59.0 Å².